The topological polar surface area (TPSA) is 614 Å². The van der Waals surface area contributed by atoms with Gasteiger partial charge in [-0.2, -0.15) is 0 Å². The van der Waals surface area contributed by atoms with Crippen LogP contribution in [0.5, 0.6) is 0 Å². The van der Waals surface area contributed by atoms with Crippen LogP contribution in [0, 0.1) is 160 Å². The number of aliphatic carboxylic acids is 4. The second-order valence-corrected chi connectivity index (χ2v) is 12.9. The van der Waals surface area contributed by atoms with Gasteiger partial charge in [0.15, 0.2) is 46.3 Å². The molecular weight excluding hydrogens is 1650 g/mol. The Morgan fingerprint density at radius 2 is 0.212 bits per heavy atom. The van der Waals surface area contributed by atoms with Crippen molar-refractivity contribution in [2.45, 2.75) is 138 Å². The summed E-state index contributed by atoms with van der Waals surface area (Å²) in [4.78, 5) is 115. The summed E-state index contributed by atoms with van der Waals surface area (Å²) >= 11 is 0. The van der Waals surface area contributed by atoms with Crippen molar-refractivity contribution in [3.05, 3.63) is 94.7 Å². The molecule has 32 heteroatoms. The van der Waals surface area contributed by atoms with Gasteiger partial charge in [0.05, 0.1) is 0 Å². The van der Waals surface area contributed by atoms with Crippen molar-refractivity contribution in [2.75, 3.05) is 0 Å². The molecule has 28 nitrogen and oxygen atoms in total. The molecule has 0 aromatic heterocycles. The number of carboxylic acids is 4. The molecule has 0 aliphatic heterocycles. The van der Waals surface area contributed by atoms with Gasteiger partial charge < -0.3 is 102 Å². The van der Waals surface area contributed by atoms with Gasteiger partial charge in [-0.1, -0.05) is 55.4 Å². The van der Waals surface area contributed by atoms with E-state index < -0.39 is 23.9 Å². The Hall–Kier alpha value is -3.30. The molecule has 0 bridgehead atoms. The molecule has 80 heavy (non-hydrogen) atoms. The maximum absolute atomic E-state index is 9.98. The molecule has 12 N–H and O–H groups in total. The summed E-state index contributed by atoms with van der Waals surface area (Å²) in [5.74, 6) is -7.33. The van der Waals surface area contributed by atoms with Crippen LogP contribution in [0.15, 0.2) is 94.7 Å². The van der Waals surface area contributed by atoms with Crippen LogP contribution >= 0.6 is 0 Å². The molecular formula is C48H80Gd4O28+4. The minimum atomic E-state index is -1.08. The standard InChI is InChI=1S/8C5H8O2.4C2H4O2.4Gd.4H2O/c8*1-4(6)3-5(2)7;4*1-2(3)4;;;;;;;;/h8*3,6H,1-2H3;4*1H3,(H,3,4);;;;;4*1H2/q;;;;;;;;;;;;4*+3;;;;/p-8/b8*4-3-;;;;;;;;;;;;. The fourth-order valence-corrected chi connectivity index (χ4v) is 2.29. The first-order valence-electron chi connectivity index (χ1n) is 19.5. The second kappa shape index (κ2) is 101. The molecule has 0 heterocycles. The van der Waals surface area contributed by atoms with Gasteiger partial charge in [-0.25, -0.2) is 0 Å². The van der Waals surface area contributed by atoms with Gasteiger partial charge in [0.2, 0.25) is 0 Å². The van der Waals surface area contributed by atoms with Gasteiger partial charge in [0.1, 0.15) is 0 Å². The minimum absolute atomic E-state index is 0. The normalized spacial score (nSPS) is 9.25. The van der Waals surface area contributed by atoms with Gasteiger partial charge >= 0.3 is 160 Å². The molecule has 468 valence electrons. The number of hydrogen-bond donors (Lipinski definition) is 0. The molecule has 0 saturated heterocycles. The van der Waals surface area contributed by atoms with Gasteiger partial charge in [-0.15, -0.1) is 46.1 Å². The van der Waals surface area contributed by atoms with Gasteiger partial charge in [-0.05, 0) is 132 Å². The summed E-state index contributed by atoms with van der Waals surface area (Å²) in [6, 6.07) is 0. The van der Waals surface area contributed by atoms with Crippen LogP contribution in [0.2, 0.25) is 0 Å². The number of carbonyl (C=O) groups excluding carboxylic acids is 12. The van der Waals surface area contributed by atoms with Crippen LogP contribution in [-0.2, 0) is 79.4 Å². The van der Waals surface area contributed by atoms with Gasteiger partial charge in [0, 0.05) is 23.9 Å². The molecule has 0 aromatic carbocycles. The molecule has 4 radical (unpaired) electrons. The first-order chi connectivity index (χ1) is 31.9. The van der Waals surface area contributed by atoms with Crippen molar-refractivity contribution in [1.82, 2.24) is 0 Å². The summed E-state index contributed by atoms with van der Waals surface area (Å²) in [6.07, 6.45) is 8.44. The van der Waals surface area contributed by atoms with Crippen LogP contribution < -0.4 is 61.3 Å². The Labute approximate surface area is 596 Å². The maximum Gasteiger partial charge on any atom is 3.00 e. The number of carbonyl (C=O) groups is 12. The second-order valence-electron chi connectivity index (χ2n) is 12.9. The zero-order valence-corrected chi connectivity index (χ0v) is 57.2. The van der Waals surface area contributed by atoms with Crippen molar-refractivity contribution >= 4 is 70.1 Å². The van der Waals surface area contributed by atoms with Crippen molar-refractivity contribution in [2.24, 2.45) is 0 Å². The van der Waals surface area contributed by atoms with E-state index in [0.717, 1.165) is 76.3 Å². The molecule has 0 aliphatic rings. The smallest absolute Gasteiger partial charge is 0.876 e. The van der Waals surface area contributed by atoms with E-state index >= 15 is 0 Å². The van der Waals surface area contributed by atoms with E-state index in [-0.39, 0.29) is 274 Å². The Morgan fingerprint density at radius 3 is 0.212 bits per heavy atom. The molecule has 0 aliphatic carbocycles. The number of hydrogen-bond acceptors (Lipinski definition) is 24. The van der Waals surface area contributed by atoms with Gasteiger partial charge in [-0.3, -0.25) is 38.4 Å². The number of rotatable bonds is 8. The Kier molecular flexibility index (Phi) is 172. The average Bonchev–Trinajstić information content (AvgIpc) is 3.00. The SMILES string of the molecule is CC(=O)/C=C(/C)[O-].CC(=O)/C=C(/C)[O-].CC(=O)/C=C(/C)[O-].CC(=O)/C=C(/C)[O-].CC(=O)/C=C(/C)[O-].CC(=O)/C=C(/C)[O-].CC(=O)/C=C(/C)[O-].CC(=O)/C=C(/C)[O-].CC(=O)[O-].CC(=O)[O-].CC(=O)[O-].CC(=O)[O-].[Gd+3].[Gd+3].[Gd+3].[Gd+3].[OH3+].[OH3+].[OH3+].[OH3+]. The van der Waals surface area contributed by atoms with Crippen LogP contribution in [0.25, 0.3) is 0 Å². The van der Waals surface area contributed by atoms with E-state index in [2.05, 4.69) is 0 Å². The molecule has 0 unspecified atom stereocenters. The van der Waals surface area contributed by atoms with Crippen LogP contribution in [0.1, 0.15) is 138 Å². The van der Waals surface area contributed by atoms with E-state index in [0.29, 0.717) is 0 Å². The average molecular weight is 1730 g/mol. The van der Waals surface area contributed by atoms with Gasteiger partial charge in [0.25, 0.3) is 0 Å². The van der Waals surface area contributed by atoms with E-state index in [1.54, 1.807) is 0 Å². The summed E-state index contributed by atoms with van der Waals surface area (Å²) in [5.41, 5.74) is 0. The Morgan fingerprint density at radius 1 is 0.175 bits per heavy atom. The Balaban J connectivity index is -0.0000000272. The number of allylic oxidation sites excluding steroid dienone is 16. The molecule has 0 saturated carbocycles. The Bertz CT molecular complexity index is 1490. The molecule has 0 rings (SSSR count). The first-order valence-corrected chi connectivity index (χ1v) is 19.5. The summed E-state index contributed by atoms with van der Waals surface area (Å²) in [5, 5.41) is 115. The molecule has 0 fully saturated rings. The largest absolute Gasteiger partial charge is 3.00 e. The predicted octanol–water partition coefficient (Wildman–Crippen LogP) is -9.95. The maximum atomic E-state index is 9.98. The predicted molar refractivity (Wildman–Crippen MR) is 258 cm³/mol. The van der Waals surface area contributed by atoms with Crippen LogP contribution in [0.3, 0.4) is 0 Å². The fourth-order valence-electron chi connectivity index (χ4n) is 2.29. The zero-order valence-electron chi connectivity index (χ0n) is 48.1. The summed E-state index contributed by atoms with van der Waals surface area (Å²) < 4.78 is 0. The van der Waals surface area contributed by atoms with E-state index in [1.807, 2.05) is 0 Å². The zero-order chi connectivity index (χ0) is 61.2. The van der Waals surface area contributed by atoms with E-state index in [9.17, 15) is 79.2 Å². The van der Waals surface area contributed by atoms with E-state index in [1.165, 1.54) is 111 Å². The van der Waals surface area contributed by atoms with Crippen molar-refractivity contribution < 1.29 is 300 Å². The third-order valence-corrected chi connectivity index (χ3v) is 3.25. The summed E-state index contributed by atoms with van der Waals surface area (Å²) in [6.45, 7) is 25.5. The third-order valence-electron chi connectivity index (χ3n) is 3.25. The number of carboxylic acid groups (broad SMARTS) is 4. The first kappa shape index (κ1) is 137. The van der Waals surface area contributed by atoms with E-state index in [4.69, 9.17) is 39.6 Å². The monoisotopic (exact) mass is 1740 g/mol. The molecule has 0 spiro atoms. The quantitative estimate of drug-likeness (QED) is 0.124. The molecule has 0 amide bonds. The summed E-state index contributed by atoms with van der Waals surface area (Å²) in [7, 11) is 0. The van der Waals surface area contributed by atoms with Crippen molar-refractivity contribution in [1.29, 1.82) is 0 Å². The van der Waals surface area contributed by atoms with Crippen LogP contribution in [-0.4, -0.2) is 70.1 Å². The van der Waals surface area contributed by atoms with Crippen molar-refractivity contribution in [3.8, 4) is 0 Å². The van der Waals surface area contributed by atoms with Crippen LogP contribution in [0.4, 0.5) is 0 Å². The fraction of sp³-hybridized carbons (Fsp3) is 0.417. The molecule has 0 atom stereocenters. The molecule has 0 aromatic rings. The van der Waals surface area contributed by atoms with Crippen molar-refractivity contribution in [3.63, 3.8) is 0 Å². The third kappa shape index (κ3) is 493. The minimum Gasteiger partial charge on any atom is -0.876 e. The number of ketones is 8.